The monoisotopic (exact) mass is 226 g/mol. The normalized spacial score (nSPS) is 35.4. The number of aliphatic hydroxyl groups is 1. The molecule has 94 valence electrons. The van der Waals surface area contributed by atoms with Crippen molar-refractivity contribution in [1.82, 2.24) is 9.80 Å². The fourth-order valence-corrected chi connectivity index (χ4v) is 3.35. The van der Waals surface area contributed by atoms with Crippen LogP contribution in [0.2, 0.25) is 0 Å². The standard InChI is InChI=1S/C13H26N2O/c1-11-8-14(2)13(10-16)9-15(11)12-6-4-3-5-7-12/h11-13,16H,3-10H2,1-2H3. The van der Waals surface area contributed by atoms with Crippen LogP contribution in [-0.4, -0.2) is 59.8 Å². The maximum Gasteiger partial charge on any atom is 0.0599 e. The lowest BCUT2D eigenvalue weighted by molar-refractivity contribution is -0.00747. The van der Waals surface area contributed by atoms with Crippen molar-refractivity contribution < 1.29 is 5.11 Å². The molecule has 2 aliphatic rings. The Morgan fingerprint density at radius 3 is 2.44 bits per heavy atom. The summed E-state index contributed by atoms with van der Waals surface area (Å²) in [5.74, 6) is 0. The van der Waals surface area contributed by atoms with Crippen LogP contribution in [0.1, 0.15) is 39.0 Å². The predicted molar refractivity (Wildman–Crippen MR) is 66.5 cm³/mol. The highest BCUT2D eigenvalue weighted by molar-refractivity contribution is 4.89. The van der Waals surface area contributed by atoms with Gasteiger partial charge in [-0.2, -0.15) is 0 Å². The molecule has 2 unspecified atom stereocenters. The predicted octanol–water partition coefficient (Wildman–Crippen LogP) is 1.32. The minimum Gasteiger partial charge on any atom is -0.395 e. The number of aliphatic hydroxyl groups excluding tert-OH is 1. The highest BCUT2D eigenvalue weighted by Gasteiger charge is 2.33. The summed E-state index contributed by atoms with van der Waals surface area (Å²) in [4.78, 5) is 4.96. The molecule has 3 heteroatoms. The van der Waals surface area contributed by atoms with Gasteiger partial charge in [-0.15, -0.1) is 0 Å². The van der Waals surface area contributed by atoms with Crippen molar-refractivity contribution in [1.29, 1.82) is 0 Å². The lowest BCUT2D eigenvalue weighted by Gasteiger charge is -2.47. The van der Waals surface area contributed by atoms with E-state index in [-0.39, 0.29) is 0 Å². The highest BCUT2D eigenvalue weighted by atomic mass is 16.3. The van der Waals surface area contributed by atoms with Crippen LogP contribution in [0.5, 0.6) is 0 Å². The summed E-state index contributed by atoms with van der Waals surface area (Å²) in [6.45, 7) is 4.78. The molecule has 2 atom stereocenters. The zero-order valence-electron chi connectivity index (χ0n) is 10.7. The fourth-order valence-electron chi connectivity index (χ4n) is 3.35. The molecule has 0 aromatic rings. The molecule has 1 saturated heterocycles. The first-order valence-electron chi connectivity index (χ1n) is 6.79. The molecule has 0 amide bonds. The summed E-state index contributed by atoms with van der Waals surface area (Å²) in [7, 11) is 2.13. The number of piperazine rings is 1. The van der Waals surface area contributed by atoms with Crippen LogP contribution in [0.15, 0.2) is 0 Å². The molecule has 2 rings (SSSR count). The molecule has 0 spiro atoms. The quantitative estimate of drug-likeness (QED) is 0.769. The molecular weight excluding hydrogens is 200 g/mol. The van der Waals surface area contributed by atoms with Gasteiger partial charge in [0.1, 0.15) is 0 Å². The second-order valence-corrected chi connectivity index (χ2v) is 5.61. The van der Waals surface area contributed by atoms with Crippen molar-refractivity contribution in [2.24, 2.45) is 0 Å². The Kier molecular flexibility index (Phi) is 4.22. The lowest BCUT2D eigenvalue weighted by atomic mass is 9.92. The molecular formula is C13H26N2O. The van der Waals surface area contributed by atoms with E-state index in [0.717, 1.165) is 19.1 Å². The average Bonchev–Trinajstić information content (AvgIpc) is 2.30. The second-order valence-electron chi connectivity index (χ2n) is 5.61. The van der Waals surface area contributed by atoms with E-state index >= 15 is 0 Å². The minimum atomic E-state index is 0.298. The van der Waals surface area contributed by atoms with Crippen LogP contribution >= 0.6 is 0 Å². The maximum absolute atomic E-state index is 9.40. The van der Waals surface area contributed by atoms with Crippen LogP contribution in [0.25, 0.3) is 0 Å². The van der Waals surface area contributed by atoms with Crippen molar-refractivity contribution in [2.45, 2.75) is 57.2 Å². The molecule has 0 radical (unpaired) electrons. The van der Waals surface area contributed by atoms with Gasteiger partial charge in [0.2, 0.25) is 0 Å². The highest BCUT2D eigenvalue weighted by Crippen LogP contribution is 2.26. The molecule has 1 N–H and O–H groups in total. The molecule has 2 fully saturated rings. The number of nitrogens with zero attached hydrogens (tertiary/aromatic N) is 2. The van der Waals surface area contributed by atoms with Gasteiger partial charge in [0.25, 0.3) is 0 Å². The molecule has 16 heavy (non-hydrogen) atoms. The summed E-state index contributed by atoms with van der Waals surface area (Å²) in [6.07, 6.45) is 6.95. The first-order valence-corrected chi connectivity index (χ1v) is 6.79. The topological polar surface area (TPSA) is 26.7 Å². The molecule has 1 aliphatic heterocycles. The zero-order valence-corrected chi connectivity index (χ0v) is 10.7. The van der Waals surface area contributed by atoms with Gasteiger partial charge in [-0.05, 0) is 26.8 Å². The molecule has 3 nitrogen and oxygen atoms in total. The minimum absolute atomic E-state index is 0.298. The van der Waals surface area contributed by atoms with Gasteiger partial charge in [-0.1, -0.05) is 19.3 Å². The summed E-state index contributed by atoms with van der Waals surface area (Å²) in [5.41, 5.74) is 0. The smallest absolute Gasteiger partial charge is 0.0599 e. The largest absolute Gasteiger partial charge is 0.395 e. The van der Waals surface area contributed by atoms with E-state index in [0.29, 0.717) is 18.7 Å². The Bertz CT molecular complexity index is 216. The Labute approximate surface area is 99.4 Å². The van der Waals surface area contributed by atoms with Crippen LogP contribution < -0.4 is 0 Å². The van der Waals surface area contributed by atoms with Gasteiger partial charge < -0.3 is 5.11 Å². The fraction of sp³-hybridized carbons (Fsp3) is 1.00. The van der Waals surface area contributed by atoms with Gasteiger partial charge in [-0.25, -0.2) is 0 Å². The second kappa shape index (κ2) is 5.48. The number of likely N-dealkylation sites (N-methyl/N-ethyl adjacent to an activating group) is 1. The SMILES string of the molecule is CC1CN(C)C(CO)CN1C1CCCCC1. The Morgan fingerprint density at radius 1 is 1.12 bits per heavy atom. The molecule has 1 saturated carbocycles. The van der Waals surface area contributed by atoms with E-state index in [9.17, 15) is 5.11 Å². The Balaban J connectivity index is 1.96. The van der Waals surface area contributed by atoms with E-state index in [4.69, 9.17) is 0 Å². The van der Waals surface area contributed by atoms with E-state index in [1.54, 1.807) is 0 Å². The third-order valence-corrected chi connectivity index (χ3v) is 4.42. The molecule has 1 aliphatic carbocycles. The third-order valence-electron chi connectivity index (χ3n) is 4.42. The summed E-state index contributed by atoms with van der Waals surface area (Å²) in [6, 6.07) is 1.78. The van der Waals surface area contributed by atoms with E-state index in [2.05, 4.69) is 23.8 Å². The van der Waals surface area contributed by atoms with Crippen molar-refractivity contribution in [2.75, 3.05) is 26.7 Å². The average molecular weight is 226 g/mol. The summed E-state index contributed by atoms with van der Waals surface area (Å²) < 4.78 is 0. The van der Waals surface area contributed by atoms with Crippen LogP contribution in [0.3, 0.4) is 0 Å². The van der Waals surface area contributed by atoms with Gasteiger partial charge in [-0.3, -0.25) is 9.80 Å². The number of rotatable bonds is 2. The molecule has 0 aromatic carbocycles. The van der Waals surface area contributed by atoms with E-state index < -0.39 is 0 Å². The molecule has 0 aromatic heterocycles. The Hall–Kier alpha value is -0.120. The van der Waals surface area contributed by atoms with Crippen LogP contribution in [-0.2, 0) is 0 Å². The first kappa shape index (κ1) is 12.3. The van der Waals surface area contributed by atoms with Gasteiger partial charge in [0, 0.05) is 31.2 Å². The molecule has 0 bridgehead atoms. The van der Waals surface area contributed by atoms with Crippen molar-refractivity contribution >= 4 is 0 Å². The Morgan fingerprint density at radius 2 is 1.81 bits per heavy atom. The van der Waals surface area contributed by atoms with Crippen LogP contribution in [0, 0.1) is 0 Å². The first-order chi connectivity index (χ1) is 7.72. The van der Waals surface area contributed by atoms with Crippen LogP contribution in [0.4, 0.5) is 0 Å². The maximum atomic E-state index is 9.40. The van der Waals surface area contributed by atoms with Gasteiger partial charge in [0.05, 0.1) is 6.61 Å². The molecule has 1 heterocycles. The summed E-state index contributed by atoms with van der Waals surface area (Å²) >= 11 is 0. The zero-order chi connectivity index (χ0) is 11.5. The number of hydrogen-bond donors (Lipinski definition) is 1. The van der Waals surface area contributed by atoms with Crippen molar-refractivity contribution in [3.63, 3.8) is 0 Å². The van der Waals surface area contributed by atoms with E-state index in [1.165, 1.54) is 32.1 Å². The van der Waals surface area contributed by atoms with Gasteiger partial charge >= 0.3 is 0 Å². The third kappa shape index (κ3) is 2.58. The van der Waals surface area contributed by atoms with Crippen molar-refractivity contribution in [3.8, 4) is 0 Å². The van der Waals surface area contributed by atoms with Crippen molar-refractivity contribution in [3.05, 3.63) is 0 Å². The number of hydrogen-bond acceptors (Lipinski definition) is 3. The summed E-state index contributed by atoms with van der Waals surface area (Å²) in [5, 5.41) is 9.40. The van der Waals surface area contributed by atoms with Gasteiger partial charge in [0.15, 0.2) is 0 Å². The van der Waals surface area contributed by atoms with E-state index in [1.807, 2.05) is 0 Å². The lowest BCUT2D eigenvalue weighted by Crippen LogP contribution is -2.60.